The van der Waals surface area contributed by atoms with Crippen molar-refractivity contribution in [1.82, 2.24) is 15.3 Å². The number of anilines is 1. The van der Waals surface area contributed by atoms with E-state index in [9.17, 15) is 4.79 Å². The average Bonchev–Trinajstić information content (AvgIpc) is 2.86. The summed E-state index contributed by atoms with van der Waals surface area (Å²) in [7, 11) is 0. The van der Waals surface area contributed by atoms with E-state index in [0.29, 0.717) is 17.5 Å². The fraction of sp³-hybridized carbons (Fsp3) is 0.417. The van der Waals surface area contributed by atoms with E-state index >= 15 is 0 Å². The SMILES string of the molecule is C=C(Cl)CNC(=O)C1CCCN1c1ncccn1. The molecule has 1 unspecified atom stereocenters. The molecule has 96 valence electrons. The molecule has 0 saturated carbocycles. The third-order valence-corrected chi connectivity index (χ3v) is 2.95. The molecule has 0 aromatic carbocycles. The van der Waals surface area contributed by atoms with E-state index in [4.69, 9.17) is 11.6 Å². The van der Waals surface area contributed by atoms with Crippen LogP contribution >= 0.6 is 11.6 Å². The summed E-state index contributed by atoms with van der Waals surface area (Å²) < 4.78 is 0. The topological polar surface area (TPSA) is 58.1 Å². The summed E-state index contributed by atoms with van der Waals surface area (Å²) in [5.74, 6) is 0.543. The Morgan fingerprint density at radius 1 is 1.56 bits per heavy atom. The van der Waals surface area contributed by atoms with E-state index < -0.39 is 0 Å². The number of rotatable bonds is 4. The first-order chi connectivity index (χ1) is 8.68. The van der Waals surface area contributed by atoms with Gasteiger partial charge in [0, 0.05) is 24.0 Å². The summed E-state index contributed by atoms with van der Waals surface area (Å²) >= 11 is 5.63. The molecule has 18 heavy (non-hydrogen) atoms. The Bertz CT molecular complexity index is 437. The van der Waals surface area contributed by atoms with Gasteiger partial charge >= 0.3 is 0 Å². The van der Waals surface area contributed by atoms with Crippen LogP contribution in [0.4, 0.5) is 5.95 Å². The first-order valence-electron chi connectivity index (χ1n) is 5.83. The van der Waals surface area contributed by atoms with Gasteiger partial charge in [-0.3, -0.25) is 4.79 Å². The first-order valence-corrected chi connectivity index (χ1v) is 6.21. The summed E-state index contributed by atoms with van der Waals surface area (Å²) in [6, 6.07) is 1.54. The van der Waals surface area contributed by atoms with Crippen LogP contribution in [-0.2, 0) is 4.79 Å². The van der Waals surface area contributed by atoms with Crippen molar-refractivity contribution in [3.63, 3.8) is 0 Å². The van der Waals surface area contributed by atoms with Crippen LogP contribution in [0.15, 0.2) is 30.1 Å². The van der Waals surface area contributed by atoms with Crippen molar-refractivity contribution in [2.75, 3.05) is 18.0 Å². The van der Waals surface area contributed by atoms with E-state index in [0.717, 1.165) is 19.4 Å². The zero-order valence-corrected chi connectivity index (χ0v) is 10.7. The molecular formula is C12H15ClN4O. The van der Waals surface area contributed by atoms with Crippen LogP contribution in [0, 0.1) is 0 Å². The average molecular weight is 267 g/mol. The first kappa shape index (κ1) is 12.8. The van der Waals surface area contributed by atoms with Gasteiger partial charge in [0.25, 0.3) is 0 Å². The molecule has 0 bridgehead atoms. The van der Waals surface area contributed by atoms with Crippen molar-refractivity contribution < 1.29 is 4.79 Å². The predicted octanol–water partition coefficient (Wildman–Crippen LogP) is 1.31. The molecule has 5 nitrogen and oxygen atoms in total. The van der Waals surface area contributed by atoms with E-state index in [1.807, 2.05) is 4.90 Å². The van der Waals surface area contributed by atoms with Crippen LogP contribution < -0.4 is 10.2 Å². The largest absolute Gasteiger partial charge is 0.349 e. The molecule has 2 rings (SSSR count). The van der Waals surface area contributed by atoms with Crippen LogP contribution in [0.3, 0.4) is 0 Å². The van der Waals surface area contributed by atoms with Crippen LogP contribution in [0.5, 0.6) is 0 Å². The molecule has 1 amide bonds. The minimum atomic E-state index is -0.219. The number of carbonyl (C=O) groups excluding carboxylic acids is 1. The van der Waals surface area contributed by atoms with E-state index in [-0.39, 0.29) is 11.9 Å². The second kappa shape index (κ2) is 5.82. The molecule has 1 saturated heterocycles. The van der Waals surface area contributed by atoms with Crippen LogP contribution in [0.1, 0.15) is 12.8 Å². The summed E-state index contributed by atoms with van der Waals surface area (Å²) in [6.07, 6.45) is 5.11. The lowest BCUT2D eigenvalue weighted by Gasteiger charge is -2.23. The molecule has 1 aliphatic rings. The minimum Gasteiger partial charge on any atom is -0.349 e. The molecule has 1 aromatic rings. The van der Waals surface area contributed by atoms with Gasteiger partial charge in [-0.05, 0) is 18.9 Å². The smallest absolute Gasteiger partial charge is 0.243 e. The molecule has 0 spiro atoms. The second-order valence-electron chi connectivity index (χ2n) is 4.14. The van der Waals surface area contributed by atoms with Crippen molar-refractivity contribution in [3.05, 3.63) is 30.1 Å². The summed E-state index contributed by atoms with van der Waals surface area (Å²) in [6.45, 7) is 4.63. The molecule has 1 fully saturated rings. The van der Waals surface area contributed by atoms with Gasteiger partial charge in [-0.25, -0.2) is 9.97 Å². The highest BCUT2D eigenvalue weighted by molar-refractivity contribution is 6.29. The quantitative estimate of drug-likeness (QED) is 0.893. The minimum absolute atomic E-state index is 0.0539. The Balaban J connectivity index is 2.03. The van der Waals surface area contributed by atoms with Crippen molar-refractivity contribution >= 4 is 23.5 Å². The molecule has 1 aromatic heterocycles. The molecule has 0 aliphatic carbocycles. The van der Waals surface area contributed by atoms with E-state index in [1.165, 1.54) is 0 Å². The van der Waals surface area contributed by atoms with Crippen molar-refractivity contribution in [2.45, 2.75) is 18.9 Å². The maximum Gasteiger partial charge on any atom is 0.243 e. The van der Waals surface area contributed by atoms with Gasteiger partial charge in [-0.2, -0.15) is 0 Å². The maximum atomic E-state index is 12.0. The summed E-state index contributed by atoms with van der Waals surface area (Å²) in [5.41, 5.74) is 0. The second-order valence-corrected chi connectivity index (χ2v) is 4.67. The van der Waals surface area contributed by atoms with Crippen molar-refractivity contribution in [3.8, 4) is 0 Å². The number of nitrogens with zero attached hydrogens (tertiary/aromatic N) is 3. The Kier molecular flexibility index (Phi) is 4.15. The molecule has 0 radical (unpaired) electrons. The monoisotopic (exact) mass is 266 g/mol. The molecule has 1 atom stereocenters. The van der Waals surface area contributed by atoms with Crippen LogP contribution in [-0.4, -0.2) is 35.0 Å². The predicted molar refractivity (Wildman–Crippen MR) is 70.4 cm³/mol. The third-order valence-electron chi connectivity index (χ3n) is 2.82. The number of nitrogens with one attached hydrogen (secondary N) is 1. The lowest BCUT2D eigenvalue weighted by molar-refractivity contribution is -0.122. The number of hydrogen-bond acceptors (Lipinski definition) is 4. The maximum absolute atomic E-state index is 12.0. The summed E-state index contributed by atoms with van der Waals surface area (Å²) in [4.78, 5) is 22.3. The molecular weight excluding hydrogens is 252 g/mol. The van der Waals surface area contributed by atoms with Gasteiger partial charge in [0.1, 0.15) is 6.04 Å². The number of aromatic nitrogens is 2. The van der Waals surface area contributed by atoms with Gasteiger partial charge in [-0.1, -0.05) is 18.2 Å². The Morgan fingerprint density at radius 3 is 2.94 bits per heavy atom. The van der Waals surface area contributed by atoms with Crippen molar-refractivity contribution in [2.24, 2.45) is 0 Å². The summed E-state index contributed by atoms with van der Waals surface area (Å²) in [5, 5.41) is 3.18. The molecule has 1 aliphatic heterocycles. The fourth-order valence-corrected chi connectivity index (χ4v) is 2.09. The number of carbonyl (C=O) groups is 1. The highest BCUT2D eigenvalue weighted by Crippen LogP contribution is 2.21. The molecule has 6 heteroatoms. The van der Waals surface area contributed by atoms with Crippen LogP contribution in [0.2, 0.25) is 0 Å². The molecule has 2 heterocycles. The van der Waals surface area contributed by atoms with Gasteiger partial charge in [0.2, 0.25) is 11.9 Å². The number of amides is 1. The van der Waals surface area contributed by atoms with E-state index in [1.54, 1.807) is 18.5 Å². The van der Waals surface area contributed by atoms with Crippen molar-refractivity contribution in [1.29, 1.82) is 0 Å². The van der Waals surface area contributed by atoms with Gasteiger partial charge < -0.3 is 10.2 Å². The highest BCUT2D eigenvalue weighted by Gasteiger charge is 2.32. The van der Waals surface area contributed by atoms with E-state index in [2.05, 4.69) is 21.9 Å². The highest BCUT2D eigenvalue weighted by atomic mass is 35.5. The normalized spacial score (nSPS) is 18.7. The Labute approximate surface area is 111 Å². The number of halogens is 1. The zero-order valence-electron chi connectivity index (χ0n) is 9.97. The fourth-order valence-electron chi connectivity index (χ4n) is 2.02. The third kappa shape index (κ3) is 2.98. The Morgan fingerprint density at radius 2 is 2.28 bits per heavy atom. The van der Waals surface area contributed by atoms with Crippen LogP contribution in [0.25, 0.3) is 0 Å². The lowest BCUT2D eigenvalue weighted by Crippen LogP contribution is -2.44. The van der Waals surface area contributed by atoms with Gasteiger partial charge in [-0.15, -0.1) is 0 Å². The lowest BCUT2D eigenvalue weighted by atomic mass is 10.2. The number of hydrogen-bond donors (Lipinski definition) is 1. The van der Waals surface area contributed by atoms with Gasteiger partial charge in [0.05, 0.1) is 6.54 Å². The molecule has 1 N–H and O–H groups in total. The zero-order chi connectivity index (χ0) is 13.0. The Hall–Kier alpha value is -1.62. The van der Waals surface area contributed by atoms with Gasteiger partial charge in [0.15, 0.2) is 0 Å². The standard InChI is InChI=1S/C12H15ClN4O/c1-9(13)8-16-11(18)10-4-2-7-17(10)12-14-5-3-6-15-12/h3,5-6,10H,1-2,4,7-8H2,(H,16,18).